The van der Waals surface area contributed by atoms with E-state index in [2.05, 4.69) is 37.1 Å². The zero-order valence-electron chi connectivity index (χ0n) is 11.6. The smallest absolute Gasteiger partial charge is 0.0669 e. The number of hydrogen-bond donors (Lipinski definition) is 2. The van der Waals surface area contributed by atoms with E-state index in [1.807, 2.05) is 12.3 Å². The van der Waals surface area contributed by atoms with Crippen LogP contribution in [0.15, 0.2) is 18.3 Å². The van der Waals surface area contributed by atoms with Crippen LogP contribution in [0.4, 0.5) is 0 Å². The number of aryl methyl sites for hydroxylation is 1. The molecule has 0 bridgehead atoms. The number of aliphatic hydroxyl groups is 1. The molecule has 100 valence electrons. The molecule has 1 heterocycles. The number of pyridine rings is 1. The van der Waals surface area contributed by atoms with Gasteiger partial charge in [-0.1, -0.05) is 26.8 Å². The van der Waals surface area contributed by atoms with Gasteiger partial charge in [-0.3, -0.25) is 4.98 Å². The average molecular weight is 248 g/mol. The average Bonchev–Trinajstić information content (AvgIpc) is 2.67. The summed E-state index contributed by atoms with van der Waals surface area (Å²) in [6.45, 7) is 7.12. The minimum absolute atomic E-state index is 0.174. The van der Waals surface area contributed by atoms with Crippen molar-refractivity contribution in [3.8, 4) is 0 Å². The van der Waals surface area contributed by atoms with Gasteiger partial charge in [0.1, 0.15) is 0 Å². The zero-order chi connectivity index (χ0) is 13.2. The molecule has 0 aliphatic heterocycles. The van der Waals surface area contributed by atoms with Crippen LogP contribution < -0.4 is 5.32 Å². The molecule has 3 heteroatoms. The first kappa shape index (κ1) is 13.5. The second-order valence-corrected chi connectivity index (χ2v) is 6.47. The van der Waals surface area contributed by atoms with Crippen LogP contribution in [0.25, 0.3) is 0 Å². The molecule has 1 aliphatic rings. The number of nitrogens with zero attached hydrogens (tertiary/aromatic N) is 1. The van der Waals surface area contributed by atoms with Crippen LogP contribution in [-0.4, -0.2) is 22.7 Å². The van der Waals surface area contributed by atoms with Gasteiger partial charge in [0, 0.05) is 12.7 Å². The van der Waals surface area contributed by atoms with E-state index < -0.39 is 0 Å². The molecule has 1 aromatic rings. The van der Waals surface area contributed by atoms with Gasteiger partial charge in [0.05, 0.1) is 17.8 Å². The molecular formula is C15H24N2O. The monoisotopic (exact) mass is 248 g/mol. The molecule has 0 saturated heterocycles. The lowest BCUT2D eigenvalue weighted by Crippen LogP contribution is -2.32. The van der Waals surface area contributed by atoms with Crippen LogP contribution in [0.1, 0.15) is 50.9 Å². The summed E-state index contributed by atoms with van der Waals surface area (Å²) in [6.07, 6.45) is 4.58. The lowest BCUT2D eigenvalue weighted by molar-refractivity contribution is 0.116. The SMILES string of the molecule is CC(C)(C)CC(O)CNC1CCc2cccnc21. The quantitative estimate of drug-likeness (QED) is 0.860. The Hall–Kier alpha value is -0.930. The maximum absolute atomic E-state index is 10.0. The van der Waals surface area contributed by atoms with E-state index in [0.29, 0.717) is 12.6 Å². The van der Waals surface area contributed by atoms with Crippen LogP contribution in [-0.2, 0) is 6.42 Å². The van der Waals surface area contributed by atoms with Gasteiger partial charge in [-0.25, -0.2) is 0 Å². The lowest BCUT2D eigenvalue weighted by atomic mass is 9.89. The Kier molecular flexibility index (Phi) is 4.03. The van der Waals surface area contributed by atoms with Crippen LogP contribution >= 0.6 is 0 Å². The highest BCUT2D eigenvalue weighted by Crippen LogP contribution is 2.29. The van der Waals surface area contributed by atoms with E-state index in [1.165, 1.54) is 11.3 Å². The number of rotatable bonds is 4. The number of hydrogen-bond acceptors (Lipinski definition) is 3. The fourth-order valence-corrected chi connectivity index (χ4v) is 2.67. The van der Waals surface area contributed by atoms with E-state index in [4.69, 9.17) is 0 Å². The lowest BCUT2D eigenvalue weighted by Gasteiger charge is -2.24. The topological polar surface area (TPSA) is 45.1 Å². The Morgan fingerprint density at radius 1 is 1.50 bits per heavy atom. The van der Waals surface area contributed by atoms with Crippen molar-refractivity contribution in [3.05, 3.63) is 29.6 Å². The highest BCUT2D eigenvalue weighted by molar-refractivity contribution is 5.27. The Bertz CT molecular complexity index is 398. The molecule has 0 spiro atoms. The largest absolute Gasteiger partial charge is 0.392 e. The van der Waals surface area contributed by atoms with Crippen molar-refractivity contribution >= 4 is 0 Å². The van der Waals surface area contributed by atoms with E-state index >= 15 is 0 Å². The molecule has 1 aromatic heterocycles. The van der Waals surface area contributed by atoms with Gasteiger partial charge in [-0.2, -0.15) is 0 Å². The van der Waals surface area contributed by atoms with Gasteiger partial charge >= 0.3 is 0 Å². The van der Waals surface area contributed by atoms with Gasteiger partial charge in [0.2, 0.25) is 0 Å². The zero-order valence-corrected chi connectivity index (χ0v) is 11.6. The van der Waals surface area contributed by atoms with Crippen LogP contribution in [0.3, 0.4) is 0 Å². The summed E-state index contributed by atoms with van der Waals surface area (Å²) in [6, 6.07) is 4.46. The molecule has 2 N–H and O–H groups in total. The van der Waals surface area contributed by atoms with E-state index in [1.54, 1.807) is 0 Å². The Morgan fingerprint density at radius 3 is 3.00 bits per heavy atom. The molecular weight excluding hydrogens is 224 g/mol. The van der Waals surface area contributed by atoms with E-state index in [0.717, 1.165) is 19.3 Å². The van der Waals surface area contributed by atoms with Crippen LogP contribution in [0.2, 0.25) is 0 Å². The van der Waals surface area contributed by atoms with E-state index in [-0.39, 0.29) is 11.5 Å². The summed E-state index contributed by atoms with van der Waals surface area (Å²) in [4.78, 5) is 4.45. The molecule has 0 radical (unpaired) electrons. The van der Waals surface area contributed by atoms with Crippen molar-refractivity contribution in [2.45, 2.75) is 52.2 Å². The summed E-state index contributed by atoms with van der Waals surface area (Å²) in [5, 5.41) is 13.5. The maximum atomic E-state index is 10.0. The van der Waals surface area contributed by atoms with E-state index in [9.17, 15) is 5.11 Å². The molecule has 1 aliphatic carbocycles. The first-order valence-corrected chi connectivity index (χ1v) is 6.81. The Labute approximate surface area is 110 Å². The molecule has 0 fully saturated rings. The fourth-order valence-electron chi connectivity index (χ4n) is 2.67. The molecule has 2 atom stereocenters. The summed E-state index contributed by atoms with van der Waals surface area (Å²) in [5.74, 6) is 0. The van der Waals surface area contributed by atoms with Gasteiger partial charge in [-0.05, 0) is 36.3 Å². The minimum atomic E-state index is -0.280. The predicted octanol–water partition coefficient (Wildman–Crippen LogP) is 2.46. The summed E-state index contributed by atoms with van der Waals surface area (Å²) in [5.41, 5.74) is 2.69. The Morgan fingerprint density at radius 2 is 2.28 bits per heavy atom. The minimum Gasteiger partial charge on any atom is -0.392 e. The van der Waals surface area contributed by atoms with Gasteiger partial charge in [-0.15, -0.1) is 0 Å². The van der Waals surface area contributed by atoms with Crippen molar-refractivity contribution in [2.24, 2.45) is 5.41 Å². The second kappa shape index (κ2) is 5.37. The summed E-state index contributed by atoms with van der Waals surface area (Å²) in [7, 11) is 0. The number of aromatic nitrogens is 1. The van der Waals surface area contributed by atoms with Crippen molar-refractivity contribution in [1.29, 1.82) is 0 Å². The first-order chi connectivity index (χ1) is 8.46. The molecule has 0 amide bonds. The predicted molar refractivity (Wildman–Crippen MR) is 73.4 cm³/mol. The second-order valence-electron chi connectivity index (χ2n) is 6.47. The molecule has 18 heavy (non-hydrogen) atoms. The van der Waals surface area contributed by atoms with Crippen molar-refractivity contribution < 1.29 is 5.11 Å². The maximum Gasteiger partial charge on any atom is 0.0669 e. The molecule has 2 rings (SSSR count). The van der Waals surface area contributed by atoms with Gasteiger partial charge < -0.3 is 10.4 Å². The molecule has 0 aromatic carbocycles. The third-order valence-corrected chi connectivity index (χ3v) is 3.41. The van der Waals surface area contributed by atoms with Crippen molar-refractivity contribution in [3.63, 3.8) is 0 Å². The highest BCUT2D eigenvalue weighted by atomic mass is 16.3. The fraction of sp³-hybridized carbons (Fsp3) is 0.667. The standard InChI is InChI=1S/C15H24N2O/c1-15(2,3)9-12(18)10-17-13-7-6-11-5-4-8-16-14(11)13/h4-5,8,12-13,17-18H,6-7,9-10H2,1-3H3. The third-order valence-electron chi connectivity index (χ3n) is 3.41. The molecule has 0 saturated carbocycles. The number of aliphatic hydroxyl groups excluding tert-OH is 1. The van der Waals surface area contributed by atoms with Crippen LogP contribution in [0, 0.1) is 5.41 Å². The third kappa shape index (κ3) is 3.53. The first-order valence-electron chi connectivity index (χ1n) is 6.81. The van der Waals surface area contributed by atoms with Crippen molar-refractivity contribution in [2.75, 3.05) is 6.54 Å². The molecule has 2 unspecified atom stereocenters. The molecule has 3 nitrogen and oxygen atoms in total. The number of fused-ring (bicyclic) bond motifs is 1. The Balaban J connectivity index is 1.85. The summed E-state index contributed by atoms with van der Waals surface area (Å²) < 4.78 is 0. The van der Waals surface area contributed by atoms with Crippen LogP contribution in [0.5, 0.6) is 0 Å². The normalized spacial score (nSPS) is 20.8. The number of nitrogens with one attached hydrogen (secondary N) is 1. The highest BCUT2D eigenvalue weighted by Gasteiger charge is 2.24. The van der Waals surface area contributed by atoms with Gasteiger partial charge in [0.15, 0.2) is 0 Å². The van der Waals surface area contributed by atoms with Gasteiger partial charge in [0.25, 0.3) is 0 Å². The summed E-state index contributed by atoms with van der Waals surface area (Å²) >= 11 is 0. The van der Waals surface area contributed by atoms with Crippen molar-refractivity contribution in [1.82, 2.24) is 10.3 Å².